The van der Waals surface area contributed by atoms with Crippen molar-refractivity contribution in [3.8, 4) is 17.1 Å². The number of piperidine rings is 2. The number of fused-ring (bicyclic) bond motifs is 1. The molecule has 20 heteroatoms. The lowest BCUT2D eigenvalue weighted by Crippen LogP contribution is -2.52. The first-order valence-corrected chi connectivity index (χ1v) is 26.7. The van der Waals surface area contributed by atoms with Crippen LogP contribution in [-0.2, 0) is 47.2 Å². The first-order chi connectivity index (χ1) is 37.2. The van der Waals surface area contributed by atoms with Gasteiger partial charge < -0.3 is 49.6 Å². The summed E-state index contributed by atoms with van der Waals surface area (Å²) in [4.78, 5) is 77.9. The van der Waals surface area contributed by atoms with Crippen molar-refractivity contribution in [3.63, 3.8) is 0 Å². The van der Waals surface area contributed by atoms with Gasteiger partial charge in [0.25, 0.3) is 11.8 Å². The number of imide groups is 1. The highest BCUT2D eigenvalue weighted by atomic mass is 16.5. The van der Waals surface area contributed by atoms with E-state index in [4.69, 9.17) is 23.9 Å². The van der Waals surface area contributed by atoms with Gasteiger partial charge in [-0.3, -0.25) is 39.4 Å². The Balaban J connectivity index is 0.563. The van der Waals surface area contributed by atoms with Crippen molar-refractivity contribution in [3.05, 3.63) is 119 Å². The molecule has 4 aliphatic rings. The highest BCUT2D eigenvalue weighted by molar-refractivity contribution is 6.05. The van der Waals surface area contributed by atoms with Gasteiger partial charge in [-0.15, -0.1) is 0 Å². The Morgan fingerprint density at radius 3 is 2.28 bits per heavy atom. The monoisotopic (exact) mass is 1040 g/mol. The number of pyridine rings is 1. The van der Waals surface area contributed by atoms with E-state index in [9.17, 15) is 24.0 Å². The van der Waals surface area contributed by atoms with E-state index >= 15 is 0 Å². The molecule has 4 aliphatic heterocycles. The maximum atomic E-state index is 13.3. The third kappa shape index (κ3) is 14.2. The number of nitrogens with one attached hydrogen (secondary N) is 5. The number of ether oxygens (including phenoxy) is 4. The quantitative estimate of drug-likeness (QED) is 0.0363. The number of anilines is 2. The van der Waals surface area contributed by atoms with Crippen molar-refractivity contribution in [2.75, 3.05) is 95.7 Å². The zero-order chi connectivity index (χ0) is 52.5. The Labute approximate surface area is 443 Å². The minimum absolute atomic E-state index is 0.0588. The number of nitrogens with zero attached hydrogens (tertiary/aromatic N) is 6. The third-order valence-corrected chi connectivity index (χ3v) is 14.4. The summed E-state index contributed by atoms with van der Waals surface area (Å²) < 4.78 is 23.0. The van der Waals surface area contributed by atoms with Crippen LogP contribution >= 0.6 is 0 Å². The number of carbonyl (C=O) groups is 5. The van der Waals surface area contributed by atoms with E-state index in [-0.39, 0.29) is 30.0 Å². The average molecular weight is 1040 g/mol. The predicted octanol–water partition coefficient (Wildman–Crippen LogP) is 4.98. The third-order valence-electron chi connectivity index (χ3n) is 14.4. The fourth-order valence-corrected chi connectivity index (χ4v) is 10.1. The number of unbranched alkanes of at least 4 members (excludes halogenated alkanes) is 3. The second kappa shape index (κ2) is 26.5. The molecule has 5 amide bonds. The number of hydrogen-bond acceptors (Lipinski definition) is 15. The molecule has 5 N–H and O–H groups in total. The number of carbonyl (C=O) groups excluding carboxylic acids is 5. The SMILES string of the molecule is O=C1CCC(N2Cc3cc(N4CCN(C(=O)CCOCCOCCOCCCCCCOc5ccc(CNC(=O)c6cccc(NC7(c8nc(-c9ccncc9)n[nH]8)CCNCC7)c6)cc5)CC4)ccc3C2=O)C(=O)N1. The Morgan fingerprint density at radius 2 is 1.51 bits per heavy atom. The molecule has 3 saturated heterocycles. The molecule has 5 aromatic rings. The maximum Gasteiger partial charge on any atom is 0.255 e. The van der Waals surface area contributed by atoms with Crippen LogP contribution in [0.4, 0.5) is 11.4 Å². The second-order valence-corrected chi connectivity index (χ2v) is 19.6. The average Bonchev–Trinajstić information content (AvgIpc) is 4.09. The van der Waals surface area contributed by atoms with E-state index in [1.165, 1.54) is 0 Å². The van der Waals surface area contributed by atoms with Gasteiger partial charge in [0, 0.05) is 92.8 Å². The Bertz CT molecular complexity index is 2740. The number of amides is 5. The van der Waals surface area contributed by atoms with Gasteiger partial charge in [-0.25, -0.2) is 4.98 Å². The van der Waals surface area contributed by atoms with Gasteiger partial charge in [0.05, 0.1) is 51.6 Å². The number of rotatable bonds is 26. The molecular formula is C56H69N11O9. The molecule has 3 fully saturated rings. The van der Waals surface area contributed by atoms with E-state index in [0.717, 1.165) is 91.3 Å². The van der Waals surface area contributed by atoms with Gasteiger partial charge in [-0.05, 0) is 123 Å². The topological polar surface area (TPSA) is 235 Å². The van der Waals surface area contributed by atoms with Gasteiger partial charge in [-0.2, -0.15) is 5.10 Å². The number of H-pyrrole nitrogens is 1. The van der Waals surface area contributed by atoms with Crippen molar-refractivity contribution in [2.24, 2.45) is 0 Å². The molecule has 1 unspecified atom stereocenters. The van der Waals surface area contributed by atoms with Gasteiger partial charge >= 0.3 is 0 Å². The van der Waals surface area contributed by atoms with E-state index < -0.39 is 17.5 Å². The molecule has 1 atom stereocenters. The van der Waals surface area contributed by atoms with Crippen LogP contribution in [0.25, 0.3) is 11.4 Å². The molecule has 0 radical (unpaired) electrons. The lowest BCUT2D eigenvalue weighted by molar-refractivity contribution is -0.137. The summed E-state index contributed by atoms with van der Waals surface area (Å²) in [5, 5.41) is 20.2. The van der Waals surface area contributed by atoms with Crippen LogP contribution in [0.1, 0.15) is 95.5 Å². The number of piperazine rings is 1. The number of hydrogen-bond donors (Lipinski definition) is 5. The predicted molar refractivity (Wildman–Crippen MR) is 283 cm³/mol. The lowest BCUT2D eigenvalue weighted by Gasteiger charge is -2.37. The van der Waals surface area contributed by atoms with E-state index in [1.807, 2.05) is 83.8 Å². The number of benzene rings is 3. The minimum atomic E-state index is -0.641. The smallest absolute Gasteiger partial charge is 0.255 e. The van der Waals surface area contributed by atoms with Crippen LogP contribution in [0, 0.1) is 0 Å². The Morgan fingerprint density at radius 1 is 0.776 bits per heavy atom. The standard InChI is InChI=1S/C56H69N11O9/c68-49-15-14-48(53(71)60-49)67-39-43-37-45(10-13-47(43)54(67)72)65-25-27-66(28-26-65)50(69)18-31-74-33-35-75-34-32-73-29-3-1-2-4-30-76-46-11-8-40(9-12-46)38-59-52(70)42-6-5-7-44(36-42)62-56(19-23-58-24-20-56)55-61-51(63-64-55)41-16-21-57-22-17-41/h5-13,16-17,21-22,36-37,48,58,62H,1-4,14-15,18-20,23-35,38-39H2,(H,59,70)(H,60,68,71)(H,61,63,64). The van der Waals surface area contributed by atoms with Gasteiger partial charge in [-0.1, -0.05) is 24.6 Å². The highest BCUT2D eigenvalue weighted by Gasteiger charge is 2.40. The van der Waals surface area contributed by atoms with Crippen LogP contribution in [0.5, 0.6) is 5.75 Å². The summed E-state index contributed by atoms with van der Waals surface area (Å²) in [6.07, 6.45) is 9.90. The molecule has 402 valence electrons. The van der Waals surface area contributed by atoms with E-state index in [1.54, 1.807) is 17.3 Å². The van der Waals surface area contributed by atoms with Gasteiger partial charge in [0.1, 0.15) is 11.8 Å². The zero-order valence-electron chi connectivity index (χ0n) is 43.1. The van der Waals surface area contributed by atoms with Crippen LogP contribution in [0.15, 0.2) is 91.3 Å². The summed E-state index contributed by atoms with van der Waals surface area (Å²) in [6, 6.07) is 24.3. The molecule has 2 aromatic heterocycles. The highest BCUT2D eigenvalue weighted by Crippen LogP contribution is 2.35. The summed E-state index contributed by atoms with van der Waals surface area (Å²) in [7, 11) is 0. The molecule has 0 saturated carbocycles. The van der Waals surface area contributed by atoms with Crippen LogP contribution in [0.3, 0.4) is 0 Å². The van der Waals surface area contributed by atoms with Crippen LogP contribution < -0.4 is 30.9 Å². The van der Waals surface area contributed by atoms with Crippen molar-refractivity contribution in [2.45, 2.75) is 82.5 Å². The molecule has 9 rings (SSSR count). The van der Waals surface area contributed by atoms with Gasteiger partial charge in [0.15, 0.2) is 11.6 Å². The van der Waals surface area contributed by atoms with Crippen LogP contribution in [-0.4, -0.2) is 151 Å². The van der Waals surface area contributed by atoms with E-state index in [0.29, 0.717) is 115 Å². The van der Waals surface area contributed by atoms with Gasteiger partial charge in [0.2, 0.25) is 17.7 Å². The maximum absolute atomic E-state index is 13.3. The first kappa shape index (κ1) is 53.6. The van der Waals surface area contributed by atoms with Crippen molar-refractivity contribution >= 4 is 40.9 Å². The van der Waals surface area contributed by atoms with Crippen molar-refractivity contribution < 1.29 is 42.9 Å². The summed E-state index contributed by atoms with van der Waals surface area (Å²) in [6.45, 7) is 8.37. The Hall–Kier alpha value is -7.26. The molecular weight excluding hydrogens is 971 g/mol. The first-order valence-electron chi connectivity index (χ1n) is 26.7. The van der Waals surface area contributed by atoms with Crippen LogP contribution in [0.2, 0.25) is 0 Å². The molecule has 6 heterocycles. The lowest BCUT2D eigenvalue weighted by atomic mass is 9.87. The fourth-order valence-electron chi connectivity index (χ4n) is 10.1. The molecule has 0 bridgehead atoms. The Kier molecular flexibility index (Phi) is 18.7. The fraction of sp³-hybridized carbons (Fsp3) is 0.464. The van der Waals surface area contributed by atoms with E-state index in [2.05, 4.69) is 41.3 Å². The number of aromatic amines is 1. The second-order valence-electron chi connectivity index (χ2n) is 19.6. The summed E-state index contributed by atoms with van der Waals surface area (Å²) in [5.74, 6) is 1.17. The molecule has 76 heavy (non-hydrogen) atoms. The van der Waals surface area contributed by atoms with Crippen molar-refractivity contribution in [1.29, 1.82) is 0 Å². The zero-order valence-corrected chi connectivity index (χ0v) is 43.1. The molecule has 20 nitrogen and oxygen atoms in total. The molecule has 0 aliphatic carbocycles. The molecule has 0 spiro atoms. The normalized spacial score (nSPS) is 17.3. The largest absolute Gasteiger partial charge is 0.494 e. The molecule has 3 aromatic carbocycles. The summed E-state index contributed by atoms with van der Waals surface area (Å²) >= 11 is 0. The minimum Gasteiger partial charge on any atom is -0.494 e. The summed E-state index contributed by atoms with van der Waals surface area (Å²) in [5.41, 5.74) is 5.23. The van der Waals surface area contributed by atoms with Crippen molar-refractivity contribution in [1.82, 2.24) is 45.9 Å². The number of aromatic nitrogens is 4.